The van der Waals surface area contributed by atoms with E-state index >= 15 is 0 Å². The van der Waals surface area contributed by atoms with E-state index in [0.29, 0.717) is 5.84 Å². The highest BCUT2D eigenvalue weighted by molar-refractivity contribution is 5.93. The normalized spacial score (nSPS) is 26.7. The molecule has 0 amide bonds. The van der Waals surface area contributed by atoms with Gasteiger partial charge in [0.05, 0.1) is 0 Å². The van der Waals surface area contributed by atoms with E-state index in [-0.39, 0.29) is 6.17 Å². The summed E-state index contributed by atoms with van der Waals surface area (Å²) in [4.78, 5) is 4.18. The van der Waals surface area contributed by atoms with Crippen LogP contribution in [0.1, 0.15) is 0 Å². The average Bonchev–Trinajstić information content (AvgIpc) is 2.04. The number of nitrogens with one attached hydrogen (secondary N) is 1. The van der Waals surface area contributed by atoms with Crippen LogP contribution in [0.5, 0.6) is 0 Å². The summed E-state index contributed by atoms with van der Waals surface area (Å²) in [5.41, 5.74) is 6.67. The highest BCUT2D eigenvalue weighted by atomic mass is 15.1. The molecule has 2 aliphatic heterocycles. The fraction of sp³-hybridized carbons (Fsp3) is 0.125. The van der Waals surface area contributed by atoms with Gasteiger partial charge in [0.15, 0.2) is 0 Å². The summed E-state index contributed by atoms with van der Waals surface area (Å²) in [7, 11) is 0. The van der Waals surface area contributed by atoms with Gasteiger partial charge in [-0.1, -0.05) is 12.2 Å². The Balaban J connectivity index is 2.33. The summed E-state index contributed by atoms with van der Waals surface area (Å²) in [5.74, 6) is 0.579. The molecule has 56 valence electrons. The first kappa shape index (κ1) is 6.22. The van der Waals surface area contributed by atoms with Gasteiger partial charge < -0.3 is 11.1 Å². The Kier molecular flexibility index (Phi) is 1.28. The summed E-state index contributed by atoms with van der Waals surface area (Å²) in [6.45, 7) is 0. The first-order valence-corrected chi connectivity index (χ1v) is 3.50. The second-order valence-electron chi connectivity index (χ2n) is 2.48. The summed E-state index contributed by atoms with van der Waals surface area (Å²) in [5, 5.41) is 3.08. The fourth-order valence-electron chi connectivity index (χ4n) is 1.13. The Bertz CT molecular complexity index is 284. The van der Waals surface area contributed by atoms with Gasteiger partial charge in [-0.25, -0.2) is 4.99 Å². The third-order valence-corrected chi connectivity index (χ3v) is 1.68. The van der Waals surface area contributed by atoms with Crippen LogP contribution in [-0.4, -0.2) is 12.0 Å². The summed E-state index contributed by atoms with van der Waals surface area (Å²) < 4.78 is 0. The van der Waals surface area contributed by atoms with Crippen LogP contribution >= 0.6 is 0 Å². The maximum atomic E-state index is 5.51. The molecule has 0 radical (unpaired) electrons. The molecular weight excluding hydrogens is 138 g/mol. The van der Waals surface area contributed by atoms with Crippen molar-refractivity contribution in [2.75, 3.05) is 0 Å². The monoisotopic (exact) mass is 147 g/mol. The Hall–Kier alpha value is -1.51. The summed E-state index contributed by atoms with van der Waals surface area (Å²) in [6.07, 6.45) is 9.66. The van der Waals surface area contributed by atoms with Crippen LogP contribution in [0.25, 0.3) is 0 Å². The summed E-state index contributed by atoms with van der Waals surface area (Å²) >= 11 is 0. The Morgan fingerprint density at radius 2 is 2.36 bits per heavy atom. The van der Waals surface area contributed by atoms with Gasteiger partial charge in [-0.3, -0.25) is 0 Å². The fourth-order valence-corrected chi connectivity index (χ4v) is 1.13. The molecule has 0 saturated heterocycles. The van der Waals surface area contributed by atoms with E-state index in [1.165, 1.54) is 0 Å². The Labute approximate surface area is 65.0 Å². The zero-order valence-electron chi connectivity index (χ0n) is 5.99. The molecule has 1 unspecified atom stereocenters. The van der Waals surface area contributed by atoms with E-state index in [1.54, 1.807) is 0 Å². The van der Waals surface area contributed by atoms with Crippen LogP contribution in [0.2, 0.25) is 0 Å². The molecule has 3 nitrogen and oxygen atoms in total. The number of fused-ring (bicyclic) bond motifs is 1. The molecule has 0 aliphatic carbocycles. The topological polar surface area (TPSA) is 50.4 Å². The van der Waals surface area contributed by atoms with Gasteiger partial charge in [0.1, 0.15) is 12.0 Å². The van der Waals surface area contributed by atoms with Gasteiger partial charge in [-0.15, -0.1) is 0 Å². The molecule has 0 fully saturated rings. The highest BCUT2D eigenvalue weighted by Crippen LogP contribution is 2.13. The average molecular weight is 147 g/mol. The number of dihydropyridines is 2. The predicted octanol–water partition coefficient (Wildman–Crippen LogP) is 0.283. The van der Waals surface area contributed by atoms with Crippen molar-refractivity contribution in [2.24, 2.45) is 10.7 Å². The standard InChI is InChI=1S/C8H9N3/c9-7-4-3-6-2-1-5-10-8(6)11-7/h1-5,8,10H,(H2,9,11). The number of nitrogens with two attached hydrogens (primary N) is 1. The molecule has 1 atom stereocenters. The third-order valence-electron chi connectivity index (χ3n) is 1.68. The van der Waals surface area contributed by atoms with Crippen molar-refractivity contribution >= 4 is 5.84 Å². The quantitative estimate of drug-likeness (QED) is 0.517. The predicted molar refractivity (Wildman–Crippen MR) is 44.9 cm³/mol. The molecule has 0 bridgehead atoms. The molecule has 0 spiro atoms. The number of allylic oxidation sites excluding steroid dienone is 2. The smallest absolute Gasteiger partial charge is 0.146 e. The molecule has 0 saturated carbocycles. The molecule has 3 N–H and O–H groups in total. The van der Waals surface area contributed by atoms with Crippen molar-refractivity contribution in [3.8, 4) is 0 Å². The van der Waals surface area contributed by atoms with Crippen LogP contribution in [0.15, 0.2) is 41.1 Å². The van der Waals surface area contributed by atoms with Crippen molar-refractivity contribution in [1.29, 1.82) is 0 Å². The molecule has 0 aromatic carbocycles. The molecule has 0 aromatic rings. The van der Waals surface area contributed by atoms with Crippen molar-refractivity contribution in [3.05, 3.63) is 36.1 Å². The van der Waals surface area contributed by atoms with E-state index in [1.807, 2.05) is 30.5 Å². The second-order valence-corrected chi connectivity index (χ2v) is 2.48. The van der Waals surface area contributed by atoms with Crippen molar-refractivity contribution in [2.45, 2.75) is 6.17 Å². The lowest BCUT2D eigenvalue weighted by atomic mass is 10.1. The lowest BCUT2D eigenvalue weighted by Crippen LogP contribution is -2.30. The van der Waals surface area contributed by atoms with Gasteiger partial charge in [0, 0.05) is 0 Å². The Morgan fingerprint density at radius 1 is 1.45 bits per heavy atom. The maximum Gasteiger partial charge on any atom is 0.146 e. The molecule has 3 heteroatoms. The SMILES string of the molecule is NC1=NC2NC=CC=C2C=C1. The largest absolute Gasteiger partial charge is 0.384 e. The van der Waals surface area contributed by atoms with Gasteiger partial charge in [-0.2, -0.15) is 0 Å². The minimum Gasteiger partial charge on any atom is -0.384 e. The molecule has 2 heterocycles. The van der Waals surface area contributed by atoms with E-state index < -0.39 is 0 Å². The van der Waals surface area contributed by atoms with Gasteiger partial charge in [0.25, 0.3) is 0 Å². The zero-order chi connectivity index (χ0) is 7.68. The van der Waals surface area contributed by atoms with Crippen LogP contribution < -0.4 is 11.1 Å². The van der Waals surface area contributed by atoms with E-state index in [9.17, 15) is 0 Å². The van der Waals surface area contributed by atoms with Crippen LogP contribution in [-0.2, 0) is 0 Å². The van der Waals surface area contributed by atoms with Crippen molar-refractivity contribution < 1.29 is 0 Å². The minimum atomic E-state index is 0.0324. The minimum absolute atomic E-state index is 0.0324. The second kappa shape index (κ2) is 2.27. The molecule has 2 aliphatic rings. The number of rotatable bonds is 0. The van der Waals surface area contributed by atoms with E-state index in [4.69, 9.17) is 5.73 Å². The van der Waals surface area contributed by atoms with E-state index in [0.717, 1.165) is 5.57 Å². The van der Waals surface area contributed by atoms with Crippen LogP contribution in [0.4, 0.5) is 0 Å². The van der Waals surface area contributed by atoms with Gasteiger partial charge >= 0.3 is 0 Å². The van der Waals surface area contributed by atoms with Crippen molar-refractivity contribution in [3.63, 3.8) is 0 Å². The van der Waals surface area contributed by atoms with Crippen LogP contribution in [0, 0.1) is 0 Å². The number of aliphatic imine (C=N–C) groups is 1. The lowest BCUT2D eigenvalue weighted by molar-refractivity contribution is 0.699. The number of amidine groups is 1. The van der Waals surface area contributed by atoms with Crippen molar-refractivity contribution in [1.82, 2.24) is 5.32 Å². The Morgan fingerprint density at radius 3 is 3.27 bits per heavy atom. The number of hydrogen-bond acceptors (Lipinski definition) is 3. The highest BCUT2D eigenvalue weighted by Gasteiger charge is 2.13. The lowest BCUT2D eigenvalue weighted by Gasteiger charge is -2.20. The molecular formula is C8H9N3. The van der Waals surface area contributed by atoms with Gasteiger partial charge in [-0.05, 0) is 23.9 Å². The molecule has 11 heavy (non-hydrogen) atoms. The number of nitrogens with zero attached hydrogens (tertiary/aromatic N) is 1. The van der Waals surface area contributed by atoms with Gasteiger partial charge in [0.2, 0.25) is 0 Å². The summed E-state index contributed by atoms with van der Waals surface area (Å²) in [6, 6.07) is 0. The first-order valence-electron chi connectivity index (χ1n) is 3.50. The maximum absolute atomic E-state index is 5.51. The third kappa shape index (κ3) is 1.05. The van der Waals surface area contributed by atoms with Crippen LogP contribution in [0.3, 0.4) is 0 Å². The number of hydrogen-bond donors (Lipinski definition) is 2. The van der Waals surface area contributed by atoms with E-state index in [2.05, 4.69) is 10.3 Å². The molecule has 2 rings (SSSR count). The first-order chi connectivity index (χ1) is 5.36. The zero-order valence-corrected chi connectivity index (χ0v) is 5.99. The molecule has 0 aromatic heterocycles.